The first-order valence-corrected chi connectivity index (χ1v) is 48.2. The monoisotopic (exact) mass is 1800 g/mol. The van der Waals surface area contributed by atoms with Crippen LogP contribution in [0.25, 0.3) is 0 Å². The Bertz CT molecular complexity index is 2460. The fourth-order valence-corrected chi connectivity index (χ4v) is 13.2. The van der Waals surface area contributed by atoms with Gasteiger partial charge in [-0.3, -0.25) is 63.0 Å². The van der Waals surface area contributed by atoms with E-state index in [1.54, 1.807) is 24.3 Å². The summed E-state index contributed by atoms with van der Waals surface area (Å²) < 4.78 is 192. The van der Waals surface area contributed by atoms with Crippen molar-refractivity contribution < 1.29 is 101 Å². The first-order chi connectivity index (χ1) is 55.7. The van der Waals surface area contributed by atoms with Crippen LogP contribution in [0.15, 0.2) is 29.2 Å². The molecule has 6 fully saturated rings. The summed E-state index contributed by atoms with van der Waals surface area (Å²) in [5, 5.41) is 14.6. The molecule has 0 amide bonds. The Hall–Kier alpha value is -2.67. The Morgan fingerprint density at radius 1 is 0.294 bits per heavy atom. The van der Waals surface area contributed by atoms with Crippen molar-refractivity contribution in [3.8, 4) is 12.1 Å². The van der Waals surface area contributed by atoms with Gasteiger partial charge in [-0.15, -0.1) is 0 Å². The topological polar surface area (TPSA) is 204 Å². The van der Waals surface area contributed by atoms with Gasteiger partial charge in [-0.2, -0.15) is 18.9 Å². The molecule has 1 aromatic carbocycles. The van der Waals surface area contributed by atoms with Gasteiger partial charge in [0.2, 0.25) is 0 Å². The van der Waals surface area contributed by atoms with Gasteiger partial charge in [0.1, 0.15) is 0 Å². The van der Waals surface area contributed by atoms with E-state index < -0.39 is 25.7 Å². The Morgan fingerprint density at radius 3 is 0.630 bits per heavy atom. The Labute approximate surface area is 709 Å². The van der Waals surface area contributed by atoms with E-state index >= 15 is 0 Å². The zero-order valence-corrected chi connectivity index (χ0v) is 75.9. The van der Waals surface area contributed by atoms with E-state index in [1.807, 2.05) is 13.8 Å². The molecule has 0 radical (unpaired) electrons. The number of ether oxygens (including phenoxy) is 8. The van der Waals surface area contributed by atoms with Crippen molar-refractivity contribution in [1.29, 1.82) is 10.5 Å². The van der Waals surface area contributed by atoms with Crippen LogP contribution < -0.4 is 0 Å². The first-order valence-electron chi connectivity index (χ1n) is 42.7. The molecular weight excluding hydrogens is 1640 g/mol. The second-order valence-electron chi connectivity index (χ2n) is 29.7. The van der Waals surface area contributed by atoms with Crippen LogP contribution in [0.5, 0.6) is 0 Å². The molecule has 6 heterocycles. The minimum absolute atomic E-state index is 0. The molecule has 0 saturated carbocycles. The molecule has 712 valence electrons. The van der Waals surface area contributed by atoms with E-state index in [1.165, 1.54) is 221 Å². The Balaban J connectivity index is 0. The van der Waals surface area contributed by atoms with Crippen molar-refractivity contribution in [2.75, 3.05) is 309 Å². The number of nitrogens with zero attached hydrogens (tertiary/aromatic N) is 14. The molecule has 7 rings (SSSR count). The van der Waals surface area contributed by atoms with Gasteiger partial charge in [-0.05, 0) is 103 Å². The van der Waals surface area contributed by atoms with Gasteiger partial charge in [0.25, 0.3) is 10.1 Å². The second kappa shape index (κ2) is 66.7. The summed E-state index contributed by atoms with van der Waals surface area (Å²) in [5.74, 6) is 0. The molecule has 0 atom stereocenters. The van der Waals surface area contributed by atoms with E-state index in [4.69, 9.17) is 52.6 Å². The number of rotatable bonds is 55. The van der Waals surface area contributed by atoms with Crippen LogP contribution >= 0.6 is 15.6 Å². The van der Waals surface area contributed by atoms with Gasteiger partial charge < -0.3 is 37.9 Å². The second-order valence-corrected chi connectivity index (χ2v) is 35.2. The van der Waals surface area contributed by atoms with Gasteiger partial charge in [0, 0.05) is 138 Å². The molecule has 6 aliphatic rings. The summed E-state index contributed by atoms with van der Waals surface area (Å²) in [6.45, 7) is 66.4. The predicted octanol–water partition coefficient (Wildman–Crippen LogP) is 15.9. The minimum atomic E-state index is -10.7. The maximum atomic E-state index is 11.8. The predicted molar refractivity (Wildman–Crippen MR) is 455 cm³/mol. The number of benzene rings is 1. The zero-order valence-electron chi connectivity index (χ0n) is 73.3. The standard InChI is InChI=1S/3C20H42N4O2.C14H22O5S.2C2H3N.CH4.2F6P/c3*1-3-5-7-21-9-11-23(19-21)13-15-25-17-18-26-16-14-24-12-10-22(20-24)8-6-4-2;1-3-8-17-9-10-18-11-12-19-20(15,16)14-6-4-13(2)5-7-14;2*1-2-3;;2*1-7(2,3,4,5)6/h3*3-20H2,1-2H3;4-7H,3,8-12H2,1-2H3;2*1H3;1H4;;/q;;;;;;;2*-1. The molecule has 40 heteroatoms. The summed E-state index contributed by atoms with van der Waals surface area (Å²) in [7, 11) is -25.0. The average Bonchev–Trinajstić information content (AvgIpc) is 1.54. The van der Waals surface area contributed by atoms with Crippen molar-refractivity contribution in [1.82, 2.24) is 58.8 Å². The van der Waals surface area contributed by atoms with E-state index in [-0.39, 0.29) is 25.5 Å². The van der Waals surface area contributed by atoms with Crippen LogP contribution in [-0.2, 0) is 52.2 Å². The molecule has 0 unspecified atom stereocenters. The summed E-state index contributed by atoms with van der Waals surface area (Å²) >= 11 is 0. The maximum absolute atomic E-state index is 11.8. The van der Waals surface area contributed by atoms with Crippen LogP contribution in [0, 0.1) is 29.6 Å². The number of unbranched alkanes of at least 4 members (excludes halogenated alkanes) is 6. The third-order valence-corrected chi connectivity index (χ3v) is 20.0. The first kappa shape index (κ1) is 118. The molecule has 0 bridgehead atoms. The number of hydrogen-bond donors (Lipinski definition) is 0. The molecular formula is C79H158F12N14O11P2S-2. The van der Waals surface area contributed by atoms with E-state index in [0.29, 0.717) is 19.8 Å². The SMILES string of the molecule is C.CC#N.CC#N.CCCCN1CCN(CCOCCOCCN2CCN(CCCC)C2)C1.CCCCN1CCN(CCOCCOCCN2CCN(CCCC)C2)C1.CCCCN1CCN(CCOCCOCCN2CCN(CCCC)C2)C1.CCCOCCOCCOS(=O)(=O)c1ccc(C)cc1.F[P-](F)(F)(F)(F)F.F[P-](F)(F)(F)(F)F. The van der Waals surface area contributed by atoms with E-state index in [0.717, 1.165) is 171 Å². The van der Waals surface area contributed by atoms with E-state index in [2.05, 4.69) is 100 Å². The fourth-order valence-electron chi connectivity index (χ4n) is 12.3. The van der Waals surface area contributed by atoms with Gasteiger partial charge in [0.15, 0.2) is 0 Å². The summed E-state index contributed by atoms with van der Waals surface area (Å²) in [4.78, 5) is 30.4. The van der Waals surface area contributed by atoms with Crippen LogP contribution in [0.4, 0.5) is 50.4 Å². The Morgan fingerprint density at radius 2 is 0.454 bits per heavy atom. The quantitative estimate of drug-likeness (QED) is 0.0257. The van der Waals surface area contributed by atoms with Crippen LogP contribution in [0.1, 0.15) is 159 Å². The third kappa shape index (κ3) is 80.9. The molecule has 6 aliphatic heterocycles. The van der Waals surface area contributed by atoms with Crippen molar-refractivity contribution in [3.63, 3.8) is 0 Å². The molecule has 6 saturated heterocycles. The Kier molecular flexibility index (Phi) is 66.4. The van der Waals surface area contributed by atoms with Crippen LogP contribution in [0.2, 0.25) is 0 Å². The van der Waals surface area contributed by atoms with Crippen molar-refractivity contribution >= 4 is 25.7 Å². The summed E-state index contributed by atoms with van der Waals surface area (Å²) in [6, 6.07) is 10.0. The number of halogens is 12. The van der Waals surface area contributed by atoms with Crippen LogP contribution in [0.3, 0.4) is 0 Å². The summed E-state index contributed by atoms with van der Waals surface area (Å²) in [5.41, 5.74) is 0.999. The number of hydrogen-bond acceptors (Lipinski definition) is 25. The average molecular weight is 1800 g/mol. The fraction of sp³-hybridized carbons (Fsp3) is 0.899. The molecule has 0 aromatic heterocycles. The molecule has 0 aliphatic carbocycles. The van der Waals surface area contributed by atoms with Crippen LogP contribution in [-0.4, -0.2) is 377 Å². The van der Waals surface area contributed by atoms with Gasteiger partial charge in [-0.25, -0.2) is 0 Å². The van der Waals surface area contributed by atoms with Gasteiger partial charge in [0.05, 0.1) is 163 Å². The molecule has 0 spiro atoms. The number of aryl methyl sites for hydroxylation is 1. The van der Waals surface area contributed by atoms with E-state index in [9.17, 15) is 58.8 Å². The third-order valence-electron chi connectivity index (χ3n) is 18.7. The van der Waals surface area contributed by atoms with Gasteiger partial charge in [-0.1, -0.05) is 112 Å². The zero-order chi connectivity index (χ0) is 88.4. The molecule has 25 nitrogen and oxygen atoms in total. The van der Waals surface area contributed by atoms with Crippen molar-refractivity contribution in [2.24, 2.45) is 0 Å². The van der Waals surface area contributed by atoms with Crippen molar-refractivity contribution in [3.05, 3.63) is 29.8 Å². The molecule has 119 heavy (non-hydrogen) atoms. The normalized spacial score (nSPS) is 18.3. The van der Waals surface area contributed by atoms with Gasteiger partial charge >= 0.3 is 66.0 Å². The molecule has 1 aromatic rings. The van der Waals surface area contributed by atoms with Crippen molar-refractivity contribution in [2.45, 2.75) is 165 Å². The summed E-state index contributed by atoms with van der Waals surface area (Å²) in [6.07, 6.45) is 16.6. The molecule has 0 N–H and O–H groups in total. The number of nitriles is 2.